The highest BCUT2D eigenvalue weighted by Crippen LogP contribution is 2.31. The summed E-state index contributed by atoms with van der Waals surface area (Å²) in [4.78, 5) is 10.8. The van der Waals surface area contributed by atoms with Crippen LogP contribution in [0.3, 0.4) is 0 Å². The molecule has 0 aliphatic heterocycles. The largest absolute Gasteiger partial charge is 0.356 e. The number of rotatable bonds is 5. The molecule has 1 aromatic rings. The van der Waals surface area contributed by atoms with Crippen LogP contribution in [-0.4, -0.2) is 19.0 Å². The fraction of sp³-hybridized carbons (Fsp3) is 0.533. The first-order valence-corrected chi connectivity index (χ1v) is 7.72. The van der Waals surface area contributed by atoms with Crippen molar-refractivity contribution in [2.24, 2.45) is 0 Å². The summed E-state index contributed by atoms with van der Waals surface area (Å²) < 4.78 is 1.15. The topological polar surface area (TPSA) is 41.1 Å². The molecule has 0 aromatic heterocycles. The van der Waals surface area contributed by atoms with E-state index < -0.39 is 0 Å². The molecule has 4 heteroatoms. The van der Waals surface area contributed by atoms with Crippen molar-refractivity contribution in [3.63, 3.8) is 0 Å². The number of halogens is 1. The molecule has 0 heterocycles. The molecule has 1 aliphatic rings. The van der Waals surface area contributed by atoms with Crippen LogP contribution in [0.15, 0.2) is 22.7 Å². The van der Waals surface area contributed by atoms with E-state index >= 15 is 0 Å². The molecule has 3 nitrogen and oxygen atoms in total. The smallest absolute Gasteiger partial charge is 0.216 e. The second kappa shape index (κ2) is 7.06. The minimum atomic E-state index is 0.0481. The molecule has 0 saturated heterocycles. The Morgan fingerprint density at radius 2 is 2.26 bits per heavy atom. The summed E-state index contributed by atoms with van der Waals surface area (Å²) in [6.45, 7) is 3.25. The average Bonchev–Trinajstić information content (AvgIpc) is 2.38. The minimum Gasteiger partial charge on any atom is -0.356 e. The Morgan fingerprint density at radius 1 is 1.42 bits per heavy atom. The van der Waals surface area contributed by atoms with Gasteiger partial charge in [0.15, 0.2) is 0 Å². The molecule has 1 atom stereocenters. The van der Waals surface area contributed by atoms with Crippen LogP contribution in [0, 0.1) is 0 Å². The average molecular weight is 325 g/mol. The molecule has 0 saturated carbocycles. The van der Waals surface area contributed by atoms with Crippen LogP contribution in [0.2, 0.25) is 0 Å². The maximum atomic E-state index is 10.8. The highest BCUT2D eigenvalue weighted by atomic mass is 79.9. The zero-order valence-electron chi connectivity index (χ0n) is 11.3. The van der Waals surface area contributed by atoms with Crippen molar-refractivity contribution in [3.8, 4) is 0 Å². The van der Waals surface area contributed by atoms with Gasteiger partial charge in [0, 0.05) is 24.0 Å². The van der Waals surface area contributed by atoms with Crippen LogP contribution < -0.4 is 10.6 Å². The van der Waals surface area contributed by atoms with Gasteiger partial charge in [0.1, 0.15) is 0 Å². The predicted molar refractivity (Wildman–Crippen MR) is 81.1 cm³/mol. The number of benzene rings is 1. The molecule has 104 valence electrons. The lowest BCUT2D eigenvalue weighted by Crippen LogP contribution is -2.29. The van der Waals surface area contributed by atoms with Crippen molar-refractivity contribution in [2.45, 2.75) is 38.6 Å². The molecule has 19 heavy (non-hydrogen) atoms. The number of hydrogen-bond acceptors (Lipinski definition) is 2. The number of nitrogens with one attached hydrogen (secondary N) is 2. The standard InChI is InChI=1S/C15H21BrN2O/c1-11(19)17-8-3-9-18-15-5-2-4-12-6-7-13(16)10-14(12)15/h6-7,10,15,18H,2-5,8-9H2,1H3,(H,17,19)/t15-/m1/s1. The third kappa shape index (κ3) is 4.32. The molecule has 2 rings (SSSR count). The third-order valence-corrected chi connectivity index (χ3v) is 4.03. The third-order valence-electron chi connectivity index (χ3n) is 3.54. The summed E-state index contributed by atoms with van der Waals surface area (Å²) in [6, 6.07) is 7.04. The minimum absolute atomic E-state index is 0.0481. The first-order valence-electron chi connectivity index (χ1n) is 6.93. The molecule has 1 aliphatic carbocycles. The second-order valence-electron chi connectivity index (χ2n) is 5.08. The van der Waals surface area contributed by atoms with Gasteiger partial charge >= 0.3 is 0 Å². The lowest BCUT2D eigenvalue weighted by molar-refractivity contribution is -0.118. The number of hydrogen-bond donors (Lipinski definition) is 2. The first-order chi connectivity index (χ1) is 9.16. The Hall–Kier alpha value is -0.870. The summed E-state index contributed by atoms with van der Waals surface area (Å²) in [5, 5.41) is 6.43. The summed E-state index contributed by atoms with van der Waals surface area (Å²) in [5.41, 5.74) is 2.90. The van der Waals surface area contributed by atoms with Crippen molar-refractivity contribution >= 4 is 21.8 Å². The highest BCUT2D eigenvalue weighted by Gasteiger charge is 2.19. The molecule has 1 aromatic carbocycles. The highest BCUT2D eigenvalue weighted by molar-refractivity contribution is 9.10. The van der Waals surface area contributed by atoms with E-state index in [0.717, 1.165) is 24.0 Å². The van der Waals surface area contributed by atoms with Gasteiger partial charge in [-0.05, 0) is 55.5 Å². The molecule has 0 bridgehead atoms. The van der Waals surface area contributed by atoms with E-state index in [-0.39, 0.29) is 5.91 Å². The van der Waals surface area contributed by atoms with Gasteiger partial charge in [-0.1, -0.05) is 22.0 Å². The van der Waals surface area contributed by atoms with Gasteiger partial charge in [-0.25, -0.2) is 0 Å². The van der Waals surface area contributed by atoms with Crippen molar-refractivity contribution in [2.75, 3.05) is 13.1 Å². The molecule has 2 N–H and O–H groups in total. The molecule has 0 radical (unpaired) electrons. The van der Waals surface area contributed by atoms with E-state index in [1.165, 1.54) is 30.4 Å². The fourth-order valence-corrected chi connectivity index (χ4v) is 2.99. The number of carbonyl (C=O) groups is 1. The molecule has 0 spiro atoms. The second-order valence-corrected chi connectivity index (χ2v) is 5.99. The number of carbonyl (C=O) groups excluding carboxylic acids is 1. The van der Waals surface area contributed by atoms with Gasteiger partial charge in [0.25, 0.3) is 0 Å². The number of amides is 1. The fourth-order valence-electron chi connectivity index (χ4n) is 2.61. The summed E-state index contributed by atoms with van der Waals surface area (Å²) in [5.74, 6) is 0.0481. The lowest BCUT2D eigenvalue weighted by atomic mass is 9.88. The zero-order valence-corrected chi connectivity index (χ0v) is 12.9. The first kappa shape index (κ1) is 14.5. The van der Waals surface area contributed by atoms with E-state index in [0.29, 0.717) is 6.04 Å². The summed E-state index contributed by atoms with van der Waals surface area (Å²) in [7, 11) is 0. The quantitative estimate of drug-likeness (QED) is 0.817. The maximum absolute atomic E-state index is 10.8. The van der Waals surface area contributed by atoms with Gasteiger partial charge in [-0.3, -0.25) is 4.79 Å². The van der Waals surface area contributed by atoms with Crippen molar-refractivity contribution in [1.82, 2.24) is 10.6 Å². The predicted octanol–water partition coefficient (Wildman–Crippen LogP) is 2.94. The SMILES string of the molecule is CC(=O)NCCCN[C@@H]1CCCc2ccc(Br)cc21. The van der Waals surface area contributed by atoms with Crippen LogP contribution in [0.5, 0.6) is 0 Å². The van der Waals surface area contributed by atoms with Crippen LogP contribution in [0.25, 0.3) is 0 Å². The normalized spacial score (nSPS) is 17.9. The van der Waals surface area contributed by atoms with Crippen LogP contribution >= 0.6 is 15.9 Å². The van der Waals surface area contributed by atoms with Crippen molar-refractivity contribution in [1.29, 1.82) is 0 Å². The monoisotopic (exact) mass is 324 g/mol. The van der Waals surface area contributed by atoms with Crippen molar-refractivity contribution < 1.29 is 4.79 Å². The summed E-state index contributed by atoms with van der Waals surface area (Å²) in [6.07, 6.45) is 4.60. The Labute approximate surface area is 123 Å². The Bertz CT molecular complexity index is 448. The van der Waals surface area contributed by atoms with Crippen molar-refractivity contribution in [3.05, 3.63) is 33.8 Å². The molecular weight excluding hydrogens is 304 g/mol. The van der Waals surface area contributed by atoms with Gasteiger partial charge in [0.05, 0.1) is 0 Å². The maximum Gasteiger partial charge on any atom is 0.216 e. The zero-order chi connectivity index (χ0) is 13.7. The Kier molecular flexibility index (Phi) is 5.40. The van der Waals surface area contributed by atoms with Crippen LogP contribution in [-0.2, 0) is 11.2 Å². The van der Waals surface area contributed by atoms with Crippen LogP contribution in [0.4, 0.5) is 0 Å². The van der Waals surface area contributed by atoms with Gasteiger partial charge in [-0.2, -0.15) is 0 Å². The van der Waals surface area contributed by atoms with E-state index in [4.69, 9.17) is 0 Å². The lowest BCUT2D eigenvalue weighted by Gasteiger charge is -2.27. The molecular formula is C15H21BrN2O. The van der Waals surface area contributed by atoms with E-state index in [9.17, 15) is 4.79 Å². The summed E-state index contributed by atoms with van der Waals surface area (Å²) >= 11 is 3.55. The molecule has 1 amide bonds. The molecule has 0 fully saturated rings. The van der Waals surface area contributed by atoms with E-state index in [2.05, 4.69) is 44.8 Å². The van der Waals surface area contributed by atoms with Crippen LogP contribution in [0.1, 0.15) is 43.4 Å². The van der Waals surface area contributed by atoms with Gasteiger partial charge in [0.2, 0.25) is 5.91 Å². The Balaban J connectivity index is 1.85. The molecule has 0 unspecified atom stereocenters. The van der Waals surface area contributed by atoms with Gasteiger partial charge < -0.3 is 10.6 Å². The number of fused-ring (bicyclic) bond motifs is 1. The van der Waals surface area contributed by atoms with E-state index in [1.54, 1.807) is 6.92 Å². The number of aryl methyl sites for hydroxylation is 1. The Morgan fingerprint density at radius 3 is 3.05 bits per heavy atom. The van der Waals surface area contributed by atoms with E-state index in [1.807, 2.05) is 0 Å². The van der Waals surface area contributed by atoms with Gasteiger partial charge in [-0.15, -0.1) is 0 Å².